The van der Waals surface area contributed by atoms with Crippen LogP contribution in [0.4, 0.5) is 4.79 Å². The van der Waals surface area contributed by atoms with Crippen molar-refractivity contribution in [2.75, 3.05) is 6.54 Å². The molecule has 2 atom stereocenters. The van der Waals surface area contributed by atoms with Gasteiger partial charge >= 0.3 is 6.09 Å². The second-order valence-electron chi connectivity index (χ2n) is 8.66. The molecule has 1 saturated heterocycles. The van der Waals surface area contributed by atoms with E-state index in [1.165, 1.54) is 4.90 Å². The van der Waals surface area contributed by atoms with Crippen LogP contribution in [0.1, 0.15) is 44.0 Å². The first kappa shape index (κ1) is 22.2. The Morgan fingerprint density at radius 2 is 2.07 bits per heavy atom. The van der Waals surface area contributed by atoms with Crippen molar-refractivity contribution < 1.29 is 19.4 Å². The highest BCUT2D eigenvalue weighted by Crippen LogP contribution is 2.29. The number of carbonyl (C=O) groups is 2. The maximum atomic E-state index is 12.8. The van der Waals surface area contributed by atoms with Crippen molar-refractivity contribution in [3.8, 4) is 10.4 Å². The summed E-state index contributed by atoms with van der Waals surface area (Å²) in [6, 6.07) is 5.38. The first-order valence-corrected chi connectivity index (χ1v) is 10.9. The standard InChI is InChI=1S/C22H29N3O4S/c1-13-8-15(19-14(2)24-12-30-19)6-7-16(13)10-23-20(27)18-9-17(26)11-25(18)21(28)29-22(3,4)5/h6-8,12,17-18,26H,9-11H2,1-5H3,(H,23,27)/t17-,18+/m1/s1. The molecule has 8 heteroatoms. The molecule has 1 aromatic heterocycles. The number of benzene rings is 1. The molecule has 2 aromatic rings. The third-order valence-electron chi connectivity index (χ3n) is 5.01. The summed E-state index contributed by atoms with van der Waals surface area (Å²) in [7, 11) is 0. The Kier molecular flexibility index (Phi) is 6.47. The Hall–Kier alpha value is -2.45. The van der Waals surface area contributed by atoms with Gasteiger partial charge in [-0.2, -0.15) is 0 Å². The quantitative estimate of drug-likeness (QED) is 0.774. The molecule has 2 amide bonds. The first-order valence-electron chi connectivity index (χ1n) is 10.0. The maximum Gasteiger partial charge on any atom is 0.411 e. The number of aromatic nitrogens is 1. The van der Waals surface area contributed by atoms with E-state index in [1.807, 2.05) is 31.5 Å². The van der Waals surface area contributed by atoms with Crippen LogP contribution in [-0.2, 0) is 16.1 Å². The fourth-order valence-electron chi connectivity index (χ4n) is 3.50. The minimum Gasteiger partial charge on any atom is -0.444 e. The van der Waals surface area contributed by atoms with Crippen LogP contribution < -0.4 is 5.32 Å². The fraction of sp³-hybridized carbons (Fsp3) is 0.500. The number of hydrogen-bond donors (Lipinski definition) is 2. The third kappa shape index (κ3) is 5.17. The Labute approximate surface area is 181 Å². The monoisotopic (exact) mass is 431 g/mol. The Morgan fingerprint density at radius 3 is 2.67 bits per heavy atom. The number of aliphatic hydroxyl groups is 1. The van der Waals surface area contributed by atoms with Crippen molar-refractivity contribution in [1.82, 2.24) is 15.2 Å². The molecule has 1 aliphatic heterocycles. The summed E-state index contributed by atoms with van der Waals surface area (Å²) >= 11 is 1.61. The van der Waals surface area contributed by atoms with Gasteiger partial charge in [-0.1, -0.05) is 18.2 Å². The molecular formula is C22H29N3O4S. The van der Waals surface area contributed by atoms with E-state index in [0.717, 1.165) is 27.3 Å². The summed E-state index contributed by atoms with van der Waals surface area (Å²) in [6.45, 7) is 9.75. The summed E-state index contributed by atoms with van der Waals surface area (Å²) < 4.78 is 5.38. The minimum atomic E-state index is -0.741. The zero-order valence-electron chi connectivity index (χ0n) is 18.1. The van der Waals surface area contributed by atoms with Crippen LogP contribution >= 0.6 is 11.3 Å². The van der Waals surface area contributed by atoms with Crippen LogP contribution in [0.3, 0.4) is 0 Å². The number of ether oxygens (including phenoxy) is 1. The molecule has 2 N–H and O–H groups in total. The van der Waals surface area contributed by atoms with Crippen LogP contribution in [0, 0.1) is 13.8 Å². The van der Waals surface area contributed by atoms with Crippen molar-refractivity contribution in [1.29, 1.82) is 0 Å². The zero-order valence-corrected chi connectivity index (χ0v) is 18.9. The fourth-order valence-corrected chi connectivity index (χ4v) is 4.30. The zero-order chi connectivity index (χ0) is 22.1. The van der Waals surface area contributed by atoms with Gasteiger partial charge in [-0.15, -0.1) is 11.3 Å². The Bertz CT molecular complexity index is 935. The lowest BCUT2D eigenvalue weighted by molar-refractivity contribution is -0.125. The number of carbonyl (C=O) groups excluding carboxylic acids is 2. The molecule has 2 heterocycles. The van der Waals surface area contributed by atoms with Gasteiger partial charge in [0.15, 0.2) is 0 Å². The number of nitrogens with zero attached hydrogens (tertiary/aromatic N) is 2. The average molecular weight is 432 g/mol. The van der Waals surface area contributed by atoms with Gasteiger partial charge in [0.25, 0.3) is 0 Å². The van der Waals surface area contributed by atoms with Gasteiger partial charge in [0.05, 0.1) is 28.7 Å². The molecule has 1 fully saturated rings. The van der Waals surface area contributed by atoms with Gasteiger partial charge in [0.2, 0.25) is 5.91 Å². The molecule has 0 saturated carbocycles. The molecule has 0 bridgehead atoms. The molecule has 0 radical (unpaired) electrons. The molecule has 0 aliphatic carbocycles. The minimum absolute atomic E-state index is 0.0922. The number of aryl methyl sites for hydroxylation is 2. The number of thiazole rings is 1. The number of likely N-dealkylation sites (tertiary alicyclic amines) is 1. The highest BCUT2D eigenvalue weighted by molar-refractivity contribution is 7.13. The lowest BCUT2D eigenvalue weighted by atomic mass is 10.0. The molecular weight excluding hydrogens is 402 g/mol. The number of β-amino-alcohol motifs (C(OH)–C–C–N with tert-alkyl or cyclic N) is 1. The second kappa shape index (κ2) is 8.73. The SMILES string of the molecule is Cc1cc(-c2scnc2C)ccc1CNC(=O)[C@@H]1C[C@@H](O)CN1C(=O)OC(C)(C)C. The molecule has 0 unspecified atom stereocenters. The largest absolute Gasteiger partial charge is 0.444 e. The molecule has 162 valence electrons. The van der Waals surface area contributed by atoms with Crippen LogP contribution in [0.15, 0.2) is 23.7 Å². The van der Waals surface area contributed by atoms with Gasteiger partial charge in [0, 0.05) is 13.0 Å². The lowest BCUT2D eigenvalue weighted by Gasteiger charge is -2.27. The number of hydrogen-bond acceptors (Lipinski definition) is 6. The average Bonchev–Trinajstić information content (AvgIpc) is 3.24. The van der Waals surface area contributed by atoms with Crippen molar-refractivity contribution in [2.45, 2.75) is 65.3 Å². The van der Waals surface area contributed by atoms with E-state index in [2.05, 4.69) is 16.4 Å². The molecule has 30 heavy (non-hydrogen) atoms. The number of aliphatic hydroxyl groups excluding tert-OH is 1. The van der Waals surface area contributed by atoms with Crippen molar-refractivity contribution >= 4 is 23.3 Å². The number of nitrogens with one attached hydrogen (secondary N) is 1. The number of amides is 2. The summed E-state index contributed by atoms with van der Waals surface area (Å²) in [6.07, 6.45) is -1.12. The Morgan fingerprint density at radius 1 is 1.33 bits per heavy atom. The number of rotatable bonds is 4. The predicted molar refractivity (Wildman–Crippen MR) is 116 cm³/mol. The van der Waals surface area contributed by atoms with Crippen LogP contribution in [0.2, 0.25) is 0 Å². The van der Waals surface area contributed by atoms with E-state index in [4.69, 9.17) is 4.74 Å². The molecule has 0 spiro atoms. The highest BCUT2D eigenvalue weighted by atomic mass is 32.1. The predicted octanol–water partition coefficient (Wildman–Crippen LogP) is 3.41. The summed E-state index contributed by atoms with van der Waals surface area (Å²) in [5.41, 5.74) is 5.34. The topological polar surface area (TPSA) is 91.8 Å². The highest BCUT2D eigenvalue weighted by Gasteiger charge is 2.40. The Balaban J connectivity index is 1.65. The van der Waals surface area contributed by atoms with Gasteiger partial charge in [0.1, 0.15) is 11.6 Å². The smallest absolute Gasteiger partial charge is 0.411 e. The van der Waals surface area contributed by atoms with E-state index in [1.54, 1.807) is 32.1 Å². The lowest BCUT2D eigenvalue weighted by Crippen LogP contribution is -2.47. The van der Waals surface area contributed by atoms with E-state index >= 15 is 0 Å². The summed E-state index contributed by atoms with van der Waals surface area (Å²) in [5.74, 6) is -0.292. The normalized spacial score (nSPS) is 19.1. The third-order valence-corrected chi connectivity index (χ3v) is 5.99. The van der Waals surface area contributed by atoms with Crippen molar-refractivity contribution in [3.63, 3.8) is 0 Å². The van der Waals surface area contributed by atoms with E-state index in [-0.39, 0.29) is 18.9 Å². The van der Waals surface area contributed by atoms with Crippen molar-refractivity contribution in [2.24, 2.45) is 0 Å². The second-order valence-corrected chi connectivity index (χ2v) is 9.52. The van der Waals surface area contributed by atoms with Crippen LogP contribution in [0.5, 0.6) is 0 Å². The summed E-state index contributed by atoms with van der Waals surface area (Å²) in [4.78, 5) is 32.0. The summed E-state index contributed by atoms with van der Waals surface area (Å²) in [5, 5.41) is 12.9. The molecule has 7 nitrogen and oxygen atoms in total. The van der Waals surface area contributed by atoms with Gasteiger partial charge in [-0.3, -0.25) is 9.69 Å². The van der Waals surface area contributed by atoms with E-state index in [9.17, 15) is 14.7 Å². The molecule has 1 aromatic carbocycles. The van der Waals surface area contributed by atoms with E-state index < -0.39 is 23.8 Å². The van der Waals surface area contributed by atoms with Gasteiger partial charge in [-0.05, 0) is 51.3 Å². The molecule has 1 aliphatic rings. The maximum absolute atomic E-state index is 12.8. The molecule has 3 rings (SSSR count). The van der Waals surface area contributed by atoms with Gasteiger partial charge in [-0.25, -0.2) is 9.78 Å². The first-order chi connectivity index (χ1) is 14.0. The van der Waals surface area contributed by atoms with E-state index in [0.29, 0.717) is 6.54 Å². The van der Waals surface area contributed by atoms with Gasteiger partial charge < -0.3 is 15.2 Å². The van der Waals surface area contributed by atoms with Crippen LogP contribution in [-0.4, -0.2) is 51.3 Å². The van der Waals surface area contributed by atoms with Crippen molar-refractivity contribution in [3.05, 3.63) is 40.5 Å². The van der Waals surface area contributed by atoms with Crippen LogP contribution in [0.25, 0.3) is 10.4 Å².